The van der Waals surface area contributed by atoms with Crippen molar-refractivity contribution in [3.63, 3.8) is 0 Å². The molecule has 2 nitrogen and oxygen atoms in total. The quantitative estimate of drug-likeness (QED) is 0.489. The van der Waals surface area contributed by atoms with Crippen LogP contribution in [-0.2, 0) is 4.79 Å². The van der Waals surface area contributed by atoms with E-state index in [9.17, 15) is 9.90 Å². The predicted molar refractivity (Wildman–Crippen MR) is 122 cm³/mol. The molecule has 0 radical (unpaired) electrons. The van der Waals surface area contributed by atoms with Crippen molar-refractivity contribution < 1.29 is 9.90 Å². The zero-order valence-electron chi connectivity index (χ0n) is 19.9. The Hall–Kier alpha value is -1.05. The molecule has 0 aliphatic heterocycles. The fourth-order valence-corrected chi connectivity index (χ4v) is 9.72. The number of aliphatic carboxylic acids is 1. The van der Waals surface area contributed by atoms with Crippen LogP contribution in [0.3, 0.4) is 0 Å². The number of hydrogen-bond acceptors (Lipinski definition) is 1. The zero-order chi connectivity index (χ0) is 21.5. The lowest BCUT2D eigenvalue weighted by Crippen LogP contribution is -2.57. The first-order chi connectivity index (χ1) is 14.1. The van der Waals surface area contributed by atoms with Gasteiger partial charge in [0.15, 0.2) is 0 Å². The number of hydrogen-bond donors (Lipinski definition) is 1. The van der Waals surface area contributed by atoms with E-state index in [-0.39, 0.29) is 16.7 Å². The Bertz CT molecular complexity index is 822. The van der Waals surface area contributed by atoms with Crippen LogP contribution in [0.1, 0.15) is 98.8 Å². The maximum absolute atomic E-state index is 12.1. The van der Waals surface area contributed by atoms with Crippen molar-refractivity contribution in [2.24, 2.45) is 45.3 Å². The minimum atomic E-state index is -0.556. The molecular weight excluding hydrogens is 368 g/mol. The normalized spacial score (nSPS) is 52.7. The van der Waals surface area contributed by atoms with Gasteiger partial charge in [0.1, 0.15) is 0 Å². The van der Waals surface area contributed by atoms with Crippen molar-refractivity contribution in [2.75, 3.05) is 0 Å². The molecule has 166 valence electrons. The topological polar surface area (TPSA) is 37.3 Å². The van der Waals surface area contributed by atoms with Crippen molar-refractivity contribution in [1.29, 1.82) is 0 Å². The van der Waals surface area contributed by atoms with Gasteiger partial charge < -0.3 is 5.11 Å². The second-order valence-corrected chi connectivity index (χ2v) is 12.7. The third kappa shape index (κ3) is 2.40. The van der Waals surface area contributed by atoms with E-state index in [1.165, 1.54) is 44.9 Å². The summed E-state index contributed by atoms with van der Waals surface area (Å²) < 4.78 is 0. The molecule has 3 unspecified atom stereocenters. The van der Waals surface area contributed by atoms with Crippen molar-refractivity contribution in [3.8, 4) is 0 Å². The van der Waals surface area contributed by atoms with Crippen LogP contribution in [0.4, 0.5) is 0 Å². The molecule has 5 aliphatic carbocycles. The first-order valence-corrected chi connectivity index (χ1v) is 12.7. The van der Waals surface area contributed by atoms with E-state index >= 15 is 0 Å². The number of carbonyl (C=O) groups is 1. The summed E-state index contributed by atoms with van der Waals surface area (Å²) >= 11 is 0. The predicted octanol–water partition coefficient (Wildman–Crippen LogP) is 7.40. The molecule has 4 saturated carbocycles. The highest BCUT2D eigenvalue weighted by Gasteiger charge is 2.63. The van der Waals surface area contributed by atoms with Gasteiger partial charge in [0.25, 0.3) is 0 Å². The van der Waals surface area contributed by atoms with Crippen LogP contribution in [0, 0.1) is 45.3 Å². The van der Waals surface area contributed by atoms with E-state index in [2.05, 4.69) is 46.8 Å². The van der Waals surface area contributed by atoms with E-state index < -0.39 is 5.97 Å². The van der Waals surface area contributed by atoms with Crippen molar-refractivity contribution in [2.45, 2.75) is 98.8 Å². The van der Waals surface area contributed by atoms with E-state index in [0.717, 1.165) is 25.2 Å². The molecule has 0 amide bonds. The molecule has 0 aromatic heterocycles. The van der Waals surface area contributed by atoms with Gasteiger partial charge >= 0.3 is 5.97 Å². The molecular formula is C28H42O2. The molecule has 8 atom stereocenters. The lowest BCUT2D eigenvalue weighted by atomic mass is 9.38. The first kappa shape index (κ1) is 20.8. The molecule has 5 rings (SSSR count). The fraction of sp³-hybridized carbons (Fsp3) is 0.821. The average molecular weight is 411 g/mol. The highest BCUT2D eigenvalue weighted by molar-refractivity contribution is 5.71. The molecule has 0 saturated heterocycles. The van der Waals surface area contributed by atoms with Crippen LogP contribution in [0.25, 0.3) is 0 Å². The Balaban J connectivity index is 1.62. The van der Waals surface area contributed by atoms with Crippen molar-refractivity contribution in [3.05, 3.63) is 23.3 Å². The molecule has 0 bridgehead atoms. The molecule has 1 N–H and O–H groups in total. The van der Waals surface area contributed by atoms with Gasteiger partial charge in [-0.05, 0) is 90.8 Å². The molecule has 4 fully saturated rings. The van der Waals surface area contributed by atoms with Gasteiger partial charge in [0.05, 0.1) is 5.92 Å². The lowest BCUT2D eigenvalue weighted by molar-refractivity contribution is -0.149. The summed E-state index contributed by atoms with van der Waals surface area (Å²) in [5.74, 6) is 1.02. The second kappa shape index (κ2) is 6.48. The summed E-state index contributed by atoms with van der Waals surface area (Å²) in [6.45, 7) is 12.7. The molecule has 2 heteroatoms. The van der Waals surface area contributed by atoms with Crippen molar-refractivity contribution in [1.82, 2.24) is 0 Å². The highest BCUT2D eigenvalue weighted by Crippen LogP contribution is 2.72. The SMILES string of the molecule is C[C@H]1CCC[C@]2(C)CCC3C(=CC=C4[C@@]3(C)CCC3C(C(=O)O)CCC[C@]43C)[C@]12C. The van der Waals surface area contributed by atoms with Gasteiger partial charge in [-0.1, -0.05) is 70.8 Å². The van der Waals surface area contributed by atoms with Crippen LogP contribution in [0.5, 0.6) is 0 Å². The zero-order valence-corrected chi connectivity index (χ0v) is 19.9. The Morgan fingerprint density at radius 1 is 0.900 bits per heavy atom. The Morgan fingerprint density at radius 3 is 2.37 bits per heavy atom. The molecule has 5 aliphatic rings. The van der Waals surface area contributed by atoms with E-state index in [1.807, 2.05) is 0 Å². The van der Waals surface area contributed by atoms with Crippen molar-refractivity contribution >= 4 is 5.97 Å². The average Bonchev–Trinajstić information content (AvgIpc) is 2.68. The van der Waals surface area contributed by atoms with Gasteiger partial charge in [-0.25, -0.2) is 0 Å². The Kier molecular flexibility index (Phi) is 4.50. The minimum absolute atomic E-state index is 0.0656. The standard InChI is InChI=1S/C28H42O2/c1-18-8-6-14-25(2)16-12-21-22(28(18,25)5)10-11-23-26(3)15-7-9-19(24(29)30)20(26)13-17-27(21,23)4/h10-11,18-21H,6-9,12-17H2,1-5H3,(H,29,30)/t18-,19?,20?,21?,25+,26-,27-,28-/m0/s1. The minimum Gasteiger partial charge on any atom is -0.481 e. The van der Waals surface area contributed by atoms with E-state index in [0.29, 0.717) is 22.7 Å². The fourth-order valence-electron chi connectivity index (χ4n) is 9.72. The molecule has 0 spiro atoms. The summed E-state index contributed by atoms with van der Waals surface area (Å²) in [7, 11) is 0. The summed E-state index contributed by atoms with van der Waals surface area (Å²) in [4.78, 5) is 12.1. The smallest absolute Gasteiger partial charge is 0.306 e. The number of allylic oxidation sites excluding steroid dienone is 4. The summed E-state index contributed by atoms with van der Waals surface area (Å²) in [6.07, 6.45) is 17.3. The van der Waals surface area contributed by atoms with Crippen LogP contribution in [0.2, 0.25) is 0 Å². The summed E-state index contributed by atoms with van der Waals surface area (Å²) in [5.41, 5.74) is 4.40. The van der Waals surface area contributed by atoms with Gasteiger partial charge in [-0.2, -0.15) is 0 Å². The molecule has 0 aromatic carbocycles. The molecule has 0 heterocycles. The van der Waals surface area contributed by atoms with Gasteiger partial charge in [0, 0.05) is 0 Å². The van der Waals surface area contributed by atoms with E-state index in [4.69, 9.17) is 0 Å². The Morgan fingerprint density at radius 2 is 1.63 bits per heavy atom. The third-order valence-corrected chi connectivity index (χ3v) is 11.8. The van der Waals surface area contributed by atoms with Crippen LogP contribution < -0.4 is 0 Å². The summed E-state index contributed by atoms with van der Waals surface area (Å²) in [6, 6.07) is 0. The Labute approximate surface area is 183 Å². The number of rotatable bonds is 1. The first-order valence-electron chi connectivity index (χ1n) is 12.7. The largest absolute Gasteiger partial charge is 0.481 e. The van der Waals surface area contributed by atoms with Gasteiger partial charge in [-0.3, -0.25) is 4.79 Å². The summed E-state index contributed by atoms with van der Waals surface area (Å²) in [5, 5.41) is 9.93. The number of carboxylic acids is 1. The number of fused-ring (bicyclic) bond motifs is 7. The monoisotopic (exact) mass is 410 g/mol. The third-order valence-electron chi connectivity index (χ3n) is 11.8. The van der Waals surface area contributed by atoms with E-state index in [1.54, 1.807) is 11.1 Å². The molecule has 30 heavy (non-hydrogen) atoms. The maximum atomic E-state index is 12.1. The molecule has 0 aromatic rings. The number of carboxylic acid groups (broad SMARTS) is 1. The lowest BCUT2D eigenvalue weighted by Gasteiger charge is -2.66. The maximum Gasteiger partial charge on any atom is 0.306 e. The van der Waals surface area contributed by atoms with Gasteiger partial charge in [-0.15, -0.1) is 0 Å². The van der Waals surface area contributed by atoms with Crippen LogP contribution in [0.15, 0.2) is 23.3 Å². The van der Waals surface area contributed by atoms with Crippen LogP contribution in [-0.4, -0.2) is 11.1 Å². The van der Waals surface area contributed by atoms with Gasteiger partial charge in [0.2, 0.25) is 0 Å². The second-order valence-electron chi connectivity index (χ2n) is 12.7. The highest BCUT2D eigenvalue weighted by atomic mass is 16.4. The van der Waals surface area contributed by atoms with Crippen LogP contribution >= 0.6 is 0 Å².